The molecule has 6 heavy (non-hydrogen) atoms. The van der Waals surface area contributed by atoms with E-state index < -0.39 is 6.49 Å². The van der Waals surface area contributed by atoms with Gasteiger partial charge in [-0.25, -0.2) is 7.09 Å². The zero-order valence-electron chi connectivity index (χ0n) is 4.29. The van der Waals surface area contributed by atoms with Crippen LogP contribution in [-0.2, 0) is 16.3 Å². The van der Waals surface area contributed by atoms with Gasteiger partial charge in [0, 0.05) is 6.66 Å². The highest BCUT2D eigenvalue weighted by Gasteiger charge is 1.90. The summed E-state index contributed by atoms with van der Waals surface area (Å²) in [6.07, 6.45) is 0. The Morgan fingerprint density at radius 3 is 2.83 bits per heavy atom. The van der Waals surface area contributed by atoms with Gasteiger partial charge in [0.15, 0.2) is 6.49 Å². The molecule has 4 heteroatoms. The van der Waals surface area contributed by atoms with Gasteiger partial charge in [0.1, 0.15) is 0 Å². The van der Waals surface area contributed by atoms with Crippen LogP contribution in [0.2, 0.25) is 0 Å². The standard InChI is InChI=1S/C2H6O2PS/c1-4-5(2,3)6/h1H2,2H3,(H,3,6)/q-1/i1D. The lowest BCUT2D eigenvalue weighted by Crippen LogP contribution is -1.71. The Kier molecular flexibility index (Phi) is 1.60. The number of hydrogen-bond donors (Lipinski definition) is 1. The molecule has 0 aliphatic heterocycles. The van der Waals surface area contributed by atoms with Crippen LogP contribution < -0.4 is 0 Å². The smallest absolute Gasteiger partial charge is 0.152 e. The molecule has 0 fully saturated rings. The van der Waals surface area contributed by atoms with Gasteiger partial charge in [-0.1, -0.05) is 0 Å². The van der Waals surface area contributed by atoms with Crippen LogP contribution in [0.1, 0.15) is 1.37 Å². The first-order valence-corrected chi connectivity index (χ1v) is 4.37. The van der Waals surface area contributed by atoms with Crippen LogP contribution in [0, 0.1) is 7.09 Å². The van der Waals surface area contributed by atoms with Gasteiger partial charge in [-0.05, 0) is 11.8 Å². The summed E-state index contributed by atoms with van der Waals surface area (Å²) in [6, 6.07) is 0. The summed E-state index contributed by atoms with van der Waals surface area (Å²) >= 11 is 4.38. The Morgan fingerprint density at radius 1 is 2.33 bits per heavy atom. The molecule has 0 aromatic rings. The third kappa shape index (κ3) is 4.57. The summed E-state index contributed by atoms with van der Waals surface area (Å²) in [5, 5.41) is 0. The van der Waals surface area contributed by atoms with E-state index in [0.717, 1.165) is 0 Å². The summed E-state index contributed by atoms with van der Waals surface area (Å²) in [5.74, 6) is 0. The molecule has 0 bridgehead atoms. The Bertz CT molecular complexity index is 89.7. The lowest BCUT2D eigenvalue weighted by molar-refractivity contribution is 0.436. The molecular weight excluding hydrogens is 119 g/mol. The van der Waals surface area contributed by atoms with Gasteiger partial charge in [0.25, 0.3) is 0 Å². The molecule has 1 unspecified atom stereocenters. The van der Waals surface area contributed by atoms with Crippen LogP contribution in [0.25, 0.3) is 0 Å². The zero-order valence-corrected chi connectivity index (χ0v) is 5.00. The van der Waals surface area contributed by atoms with Crippen molar-refractivity contribution in [2.45, 2.75) is 0 Å². The lowest BCUT2D eigenvalue weighted by atomic mass is 11.8. The highest BCUT2D eigenvalue weighted by Crippen LogP contribution is 2.35. The van der Waals surface area contributed by atoms with Gasteiger partial charge in [0.2, 0.25) is 0 Å². The van der Waals surface area contributed by atoms with Crippen molar-refractivity contribution in [1.82, 2.24) is 0 Å². The SMILES string of the molecule is [2H][CH-]OP(C)(O)=S. The van der Waals surface area contributed by atoms with Crippen molar-refractivity contribution in [3.8, 4) is 0 Å². The third-order valence-corrected chi connectivity index (χ3v) is 0.845. The molecule has 0 saturated heterocycles. The molecule has 1 atom stereocenters. The monoisotopic (exact) mass is 126 g/mol. The van der Waals surface area contributed by atoms with Gasteiger partial charge in [0.05, 0.1) is 0 Å². The predicted octanol–water partition coefficient (Wildman–Crippen LogP) is 0.726. The molecule has 0 heterocycles. The fourth-order valence-corrected chi connectivity index (χ4v) is 0. The van der Waals surface area contributed by atoms with E-state index >= 15 is 0 Å². The Balaban J connectivity index is 3.36. The molecular formula is C2H6O2PS-. The fourth-order valence-electron chi connectivity index (χ4n) is 0. The topological polar surface area (TPSA) is 29.5 Å². The van der Waals surface area contributed by atoms with E-state index in [4.69, 9.17) is 6.26 Å². The molecule has 0 rings (SSSR count). The van der Waals surface area contributed by atoms with Crippen molar-refractivity contribution in [2.24, 2.45) is 0 Å². The summed E-state index contributed by atoms with van der Waals surface area (Å²) in [7, 11) is 0.654. The summed E-state index contributed by atoms with van der Waals surface area (Å²) in [4.78, 5) is 8.57. The van der Waals surface area contributed by atoms with Crippen LogP contribution in [0.4, 0.5) is 0 Å². The minimum Gasteiger partial charge on any atom is -0.510 e. The molecule has 0 aromatic heterocycles. The normalized spacial score (nSPS) is 22.0. The second kappa shape index (κ2) is 2.03. The van der Waals surface area contributed by atoms with Gasteiger partial charge in [-0.2, -0.15) is 1.37 Å². The highest BCUT2D eigenvalue weighted by atomic mass is 32.5. The second-order valence-corrected chi connectivity index (χ2v) is 4.76. The van der Waals surface area contributed by atoms with Crippen LogP contribution in [0.15, 0.2) is 0 Å². The second-order valence-electron chi connectivity index (χ2n) is 0.908. The van der Waals surface area contributed by atoms with Crippen molar-refractivity contribution >= 4 is 18.3 Å². The van der Waals surface area contributed by atoms with E-state index in [9.17, 15) is 0 Å². The average Bonchev–Trinajstić information content (AvgIpc) is 1.30. The zero-order chi connectivity index (χ0) is 5.91. The molecule has 0 saturated carbocycles. The molecule has 2 nitrogen and oxygen atoms in total. The molecule has 0 aliphatic rings. The Morgan fingerprint density at radius 2 is 2.83 bits per heavy atom. The lowest BCUT2D eigenvalue weighted by Gasteiger charge is -2.09. The maximum absolute atomic E-state index is 8.57. The maximum Gasteiger partial charge on any atom is 0.152 e. The van der Waals surface area contributed by atoms with Crippen LogP contribution in [0.5, 0.6) is 0 Å². The molecule has 0 spiro atoms. The van der Waals surface area contributed by atoms with Gasteiger partial charge in [-0.3, -0.25) is 0 Å². The van der Waals surface area contributed by atoms with Crippen molar-refractivity contribution in [1.29, 1.82) is 0 Å². The van der Waals surface area contributed by atoms with E-state index in [1.54, 1.807) is 0 Å². The highest BCUT2D eigenvalue weighted by molar-refractivity contribution is 8.09. The number of hydrogen-bond acceptors (Lipinski definition) is 2. The van der Waals surface area contributed by atoms with Crippen LogP contribution >= 0.6 is 6.49 Å². The molecule has 0 amide bonds. The van der Waals surface area contributed by atoms with Crippen LogP contribution in [0.3, 0.4) is 0 Å². The Hall–Kier alpha value is 0.570. The molecule has 38 valence electrons. The van der Waals surface area contributed by atoms with Gasteiger partial charge < -0.3 is 9.42 Å². The Labute approximate surface area is 43.7 Å². The van der Waals surface area contributed by atoms with E-state index in [2.05, 4.69) is 16.3 Å². The molecule has 0 aromatic carbocycles. The minimum absolute atomic E-state index is 0.654. The van der Waals surface area contributed by atoms with Gasteiger partial charge in [-0.15, -0.1) is 0 Å². The first kappa shape index (κ1) is 4.72. The van der Waals surface area contributed by atoms with E-state index in [1.807, 2.05) is 0 Å². The largest absolute Gasteiger partial charge is 0.510 e. The quantitative estimate of drug-likeness (QED) is 0.436. The van der Waals surface area contributed by atoms with Gasteiger partial charge >= 0.3 is 0 Å². The summed E-state index contributed by atoms with van der Waals surface area (Å²) in [6.45, 7) is -1.19. The number of rotatable bonds is 2. The van der Waals surface area contributed by atoms with E-state index in [-0.39, 0.29) is 0 Å². The van der Waals surface area contributed by atoms with Crippen LogP contribution in [-0.4, -0.2) is 11.6 Å². The average molecular weight is 126 g/mol. The summed E-state index contributed by atoms with van der Waals surface area (Å²) in [5.41, 5.74) is 0. The van der Waals surface area contributed by atoms with E-state index in [0.29, 0.717) is 7.09 Å². The van der Waals surface area contributed by atoms with Crippen molar-refractivity contribution in [3.63, 3.8) is 0 Å². The molecule has 0 aliphatic carbocycles. The molecule has 0 radical (unpaired) electrons. The van der Waals surface area contributed by atoms with E-state index in [1.165, 1.54) is 6.66 Å². The molecule has 1 N–H and O–H groups in total. The summed E-state index contributed by atoms with van der Waals surface area (Å²) < 4.78 is 10.6. The first-order chi connectivity index (χ1) is 3.06. The third-order valence-electron chi connectivity index (χ3n) is 0.196. The van der Waals surface area contributed by atoms with Crippen molar-refractivity contribution in [3.05, 3.63) is 7.09 Å². The van der Waals surface area contributed by atoms with Crippen molar-refractivity contribution in [2.75, 3.05) is 6.66 Å². The van der Waals surface area contributed by atoms with Crippen molar-refractivity contribution < 1.29 is 10.8 Å². The fraction of sp³-hybridized carbons (Fsp3) is 0.500. The minimum atomic E-state index is -2.58. The maximum atomic E-state index is 8.57. The predicted molar refractivity (Wildman–Crippen MR) is 28.9 cm³/mol. The first-order valence-electron chi connectivity index (χ1n) is 1.83.